The number of anilines is 1. The molecule has 1 aromatic carbocycles. The molecule has 0 radical (unpaired) electrons. The van der Waals surface area contributed by atoms with Crippen LogP contribution in [0.4, 0.5) is 5.69 Å². The van der Waals surface area contributed by atoms with E-state index in [0.717, 1.165) is 28.6 Å². The van der Waals surface area contributed by atoms with Crippen LogP contribution in [0.3, 0.4) is 0 Å². The van der Waals surface area contributed by atoms with Gasteiger partial charge in [0.25, 0.3) is 0 Å². The van der Waals surface area contributed by atoms with E-state index in [9.17, 15) is 0 Å². The lowest BCUT2D eigenvalue weighted by molar-refractivity contribution is 0.415. The highest BCUT2D eigenvalue weighted by Crippen LogP contribution is 2.16. The van der Waals surface area contributed by atoms with Gasteiger partial charge in [0.1, 0.15) is 5.75 Å². The van der Waals surface area contributed by atoms with Gasteiger partial charge in [0.15, 0.2) is 0 Å². The fraction of sp³-hybridized carbons (Fsp3) is 0.188. The van der Waals surface area contributed by atoms with Crippen LogP contribution in [0.15, 0.2) is 48.3 Å². The Labute approximate surface area is 134 Å². The molecule has 2 rings (SSSR count). The van der Waals surface area contributed by atoms with Crippen LogP contribution in [0.25, 0.3) is 6.08 Å². The smallest absolute Gasteiger partial charge is 0.209 e. The first-order chi connectivity index (χ1) is 10.7. The number of methoxy groups -OCH3 is 1. The first-order valence-corrected chi connectivity index (χ1v) is 7.73. The van der Waals surface area contributed by atoms with Gasteiger partial charge in [0.05, 0.1) is 18.5 Å². The van der Waals surface area contributed by atoms with Gasteiger partial charge in [-0.15, -0.1) is 11.7 Å². The predicted molar refractivity (Wildman–Crippen MR) is 91.1 cm³/mol. The Hall–Kier alpha value is -2.34. The molecule has 1 aromatic heterocycles. The van der Waals surface area contributed by atoms with Gasteiger partial charge in [-0.1, -0.05) is 17.8 Å². The molecule has 6 heteroatoms. The van der Waals surface area contributed by atoms with Crippen molar-refractivity contribution in [2.24, 2.45) is 0 Å². The number of hydrogen-bond acceptors (Lipinski definition) is 6. The number of nitrogens with zero attached hydrogens (tertiary/aromatic N) is 3. The number of aryl methyl sites for hydroxylation is 1. The first kappa shape index (κ1) is 16.0. The Morgan fingerprint density at radius 2 is 2.05 bits per heavy atom. The van der Waals surface area contributed by atoms with Crippen LogP contribution < -0.4 is 10.1 Å². The molecule has 5 nitrogen and oxygen atoms in total. The maximum Gasteiger partial charge on any atom is 0.209 e. The third-order valence-electron chi connectivity index (χ3n) is 2.78. The number of thioether (sulfide) groups is 1. The average Bonchev–Trinajstić information content (AvgIpc) is 2.56. The molecule has 0 atom stereocenters. The van der Waals surface area contributed by atoms with Gasteiger partial charge in [-0.3, -0.25) is 0 Å². The normalized spacial score (nSPS) is 10.6. The molecule has 0 aliphatic carbocycles. The third kappa shape index (κ3) is 4.60. The lowest BCUT2D eigenvalue weighted by Gasteiger charge is -2.04. The molecule has 22 heavy (non-hydrogen) atoms. The zero-order valence-corrected chi connectivity index (χ0v) is 13.4. The molecule has 2 aromatic rings. The molecule has 1 heterocycles. The molecule has 0 aliphatic heterocycles. The average molecular weight is 314 g/mol. The molecular weight excluding hydrogens is 296 g/mol. The van der Waals surface area contributed by atoms with E-state index in [2.05, 4.69) is 27.1 Å². The van der Waals surface area contributed by atoms with Crippen molar-refractivity contribution in [3.8, 4) is 5.75 Å². The maximum atomic E-state index is 5.12. The van der Waals surface area contributed by atoms with Crippen molar-refractivity contribution in [2.75, 3.05) is 18.2 Å². The highest BCUT2D eigenvalue weighted by atomic mass is 32.2. The van der Waals surface area contributed by atoms with Crippen LogP contribution in [0.5, 0.6) is 5.75 Å². The lowest BCUT2D eigenvalue weighted by atomic mass is 10.3. The van der Waals surface area contributed by atoms with E-state index in [0.29, 0.717) is 5.16 Å². The van der Waals surface area contributed by atoms with Crippen LogP contribution in [-0.2, 0) is 0 Å². The summed E-state index contributed by atoms with van der Waals surface area (Å²) in [6, 6.07) is 7.69. The number of nitrogens with one attached hydrogen (secondary N) is 1. The molecule has 0 amide bonds. The van der Waals surface area contributed by atoms with Crippen molar-refractivity contribution in [2.45, 2.75) is 12.1 Å². The van der Waals surface area contributed by atoms with Gasteiger partial charge in [-0.05, 0) is 37.3 Å². The van der Waals surface area contributed by atoms with Gasteiger partial charge in [-0.25, -0.2) is 4.98 Å². The molecule has 0 saturated heterocycles. The Kier molecular flexibility index (Phi) is 5.97. The summed E-state index contributed by atoms with van der Waals surface area (Å²) in [5.74, 6) is 1.59. The number of aromatic nitrogens is 3. The molecule has 1 N–H and O–H groups in total. The highest BCUT2D eigenvalue weighted by Gasteiger charge is 2.02. The molecule has 0 bridgehead atoms. The summed E-state index contributed by atoms with van der Waals surface area (Å²) in [5.41, 5.74) is 2.55. The fourth-order valence-electron chi connectivity index (χ4n) is 1.63. The zero-order chi connectivity index (χ0) is 15.8. The van der Waals surface area contributed by atoms with Crippen LogP contribution in [0.1, 0.15) is 11.4 Å². The number of ether oxygens (including phenoxy) is 1. The van der Waals surface area contributed by atoms with Crippen LogP contribution in [0, 0.1) is 6.92 Å². The SMILES string of the molecule is C=CCSc1nnc(C)c(C=CNc2ccc(OC)cc2)n1. The van der Waals surface area contributed by atoms with Crippen molar-refractivity contribution in [3.05, 3.63) is 54.5 Å². The van der Waals surface area contributed by atoms with Crippen LogP contribution in [-0.4, -0.2) is 28.0 Å². The summed E-state index contributed by atoms with van der Waals surface area (Å²) < 4.78 is 5.12. The topological polar surface area (TPSA) is 59.9 Å². The summed E-state index contributed by atoms with van der Waals surface area (Å²) in [7, 11) is 1.65. The van der Waals surface area contributed by atoms with E-state index in [1.54, 1.807) is 7.11 Å². The maximum absolute atomic E-state index is 5.12. The van der Waals surface area contributed by atoms with Gasteiger partial charge >= 0.3 is 0 Å². The molecule has 114 valence electrons. The van der Waals surface area contributed by atoms with E-state index in [1.165, 1.54) is 11.8 Å². The third-order valence-corrected chi connectivity index (χ3v) is 3.62. The minimum Gasteiger partial charge on any atom is -0.497 e. The van der Waals surface area contributed by atoms with E-state index in [1.807, 2.05) is 49.5 Å². The second-order valence-corrected chi connectivity index (χ2v) is 5.36. The molecular formula is C16H18N4OS. The van der Waals surface area contributed by atoms with Crippen molar-refractivity contribution in [1.82, 2.24) is 15.2 Å². The van der Waals surface area contributed by atoms with Crippen molar-refractivity contribution < 1.29 is 4.74 Å². The first-order valence-electron chi connectivity index (χ1n) is 6.75. The minimum atomic E-state index is 0.648. The summed E-state index contributed by atoms with van der Waals surface area (Å²) in [6.45, 7) is 5.57. The summed E-state index contributed by atoms with van der Waals surface area (Å²) in [4.78, 5) is 4.46. The predicted octanol–water partition coefficient (Wildman–Crippen LogP) is 3.55. The molecule has 0 aliphatic rings. The Balaban J connectivity index is 2.03. The standard InChI is InChI=1S/C16H18N4OS/c1-4-11-22-16-18-15(12(2)19-20-16)9-10-17-13-5-7-14(21-3)8-6-13/h4-10,17H,1,11H2,2-3H3. The Morgan fingerprint density at radius 3 is 2.73 bits per heavy atom. The van der Waals surface area contributed by atoms with Gasteiger partial charge < -0.3 is 10.1 Å². The number of hydrogen-bond donors (Lipinski definition) is 1. The van der Waals surface area contributed by atoms with Crippen molar-refractivity contribution in [1.29, 1.82) is 0 Å². The number of rotatable bonds is 7. The van der Waals surface area contributed by atoms with Crippen molar-refractivity contribution in [3.63, 3.8) is 0 Å². The van der Waals surface area contributed by atoms with Crippen LogP contribution >= 0.6 is 11.8 Å². The molecule has 0 unspecified atom stereocenters. The van der Waals surface area contributed by atoms with E-state index < -0.39 is 0 Å². The summed E-state index contributed by atoms with van der Waals surface area (Å²) in [5, 5.41) is 12.0. The van der Waals surface area contributed by atoms with E-state index >= 15 is 0 Å². The van der Waals surface area contributed by atoms with Gasteiger partial charge in [0.2, 0.25) is 5.16 Å². The van der Waals surface area contributed by atoms with Crippen LogP contribution in [0.2, 0.25) is 0 Å². The molecule has 0 fully saturated rings. The highest BCUT2D eigenvalue weighted by molar-refractivity contribution is 7.99. The number of benzene rings is 1. The zero-order valence-electron chi connectivity index (χ0n) is 12.6. The quantitative estimate of drug-likeness (QED) is 0.623. The Morgan fingerprint density at radius 1 is 1.27 bits per heavy atom. The summed E-state index contributed by atoms with van der Waals surface area (Å²) in [6.07, 6.45) is 5.53. The van der Waals surface area contributed by atoms with Crippen molar-refractivity contribution >= 4 is 23.5 Å². The molecule has 0 spiro atoms. The lowest BCUT2D eigenvalue weighted by Crippen LogP contribution is -1.99. The monoisotopic (exact) mass is 314 g/mol. The summed E-state index contributed by atoms with van der Waals surface area (Å²) >= 11 is 1.51. The largest absolute Gasteiger partial charge is 0.497 e. The van der Waals surface area contributed by atoms with E-state index in [4.69, 9.17) is 4.74 Å². The minimum absolute atomic E-state index is 0.648. The second-order valence-electron chi connectivity index (χ2n) is 4.37. The van der Waals surface area contributed by atoms with E-state index in [-0.39, 0.29) is 0 Å². The van der Waals surface area contributed by atoms with Gasteiger partial charge in [0, 0.05) is 17.6 Å². The second kappa shape index (κ2) is 8.19. The van der Waals surface area contributed by atoms with Gasteiger partial charge in [-0.2, -0.15) is 5.10 Å². The molecule has 0 saturated carbocycles. The Bertz CT molecular complexity index is 656. The fourth-order valence-corrected chi connectivity index (χ4v) is 2.16.